The lowest BCUT2D eigenvalue weighted by Crippen LogP contribution is -2.02. The maximum Gasteiger partial charge on any atom is 0.306 e. The van der Waals surface area contributed by atoms with Gasteiger partial charge in [-0.1, -0.05) is 0 Å². The van der Waals surface area contributed by atoms with E-state index >= 15 is 0 Å². The number of esters is 2. The fourth-order valence-electron chi connectivity index (χ4n) is 2.32. The lowest BCUT2D eigenvalue weighted by Gasteiger charge is -2.07. The molecule has 2 aliphatic heterocycles. The van der Waals surface area contributed by atoms with Crippen molar-refractivity contribution < 1.29 is 19.1 Å². The lowest BCUT2D eigenvalue weighted by atomic mass is 10.1. The highest BCUT2D eigenvalue weighted by Crippen LogP contribution is 2.22. The van der Waals surface area contributed by atoms with Crippen molar-refractivity contribution in [3.05, 3.63) is 0 Å². The Balaban J connectivity index is 1.35. The number of hydrogen-bond acceptors (Lipinski definition) is 6. The number of carbonyl (C=O) groups excluding carboxylic acids is 2. The second-order valence-corrected chi connectivity index (χ2v) is 7.76. The van der Waals surface area contributed by atoms with Gasteiger partial charge in [0.25, 0.3) is 0 Å². The van der Waals surface area contributed by atoms with E-state index in [1.807, 2.05) is 23.5 Å². The molecule has 0 spiro atoms. The molecule has 0 amide bonds. The summed E-state index contributed by atoms with van der Waals surface area (Å²) < 4.78 is 9.89. The van der Waals surface area contributed by atoms with E-state index in [9.17, 15) is 9.59 Å². The van der Waals surface area contributed by atoms with Gasteiger partial charge in [0.1, 0.15) is 0 Å². The van der Waals surface area contributed by atoms with Gasteiger partial charge >= 0.3 is 11.9 Å². The Morgan fingerprint density at radius 2 is 1.25 bits per heavy atom. The van der Waals surface area contributed by atoms with E-state index in [2.05, 4.69) is 0 Å². The molecule has 0 aliphatic carbocycles. The summed E-state index contributed by atoms with van der Waals surface area (Å²) in [5.74, 6) is 5.37. The van der Waals surface area contributed by atoms with Crippen LogP contribution in [0, 0.1) is 11.8 Å². The number of hydrogen-bond donors (Lipinski definition) is 0. The van der Waals surface area contributed by atoms with E-state index in [0.717, 1.165) is 35.9 Å². The molecule has 2 aliphatic rings. The highest BCUT2D eigenvalue weighted by Gasteiger charge is 2.23. The van der Waals surface area contributed by atoms with E-state index in [1.54, 1.807) is 0 Å². The van der Waals surface area contributed by atoms with Crippen molar-refractivity contribution in [2.24, 2.45) is 11.8 Å². The predicted octanol–water partition coefficient (Wildman–Crippen LogP) is 2.36. The van der Waals surface area contributed by atoms with Crippen LogP contribution in [0.1, 0.15) is 25.7 Å². The molecular weight excluding hydrogens is 296 g/mol. The summed E-state index contributed by atoms with van der Waals surface area (Å²) in [6.45, 7) is 1.24. The van der Waals surface area contributed by atoms with Crippen molar-refractivity contribution in [3.8, 4) is 0 Å². The largest absolute Gasteiger partial charge is 0.465 e. The molecule has 2 unspecified atom stereocenters. The zero-order valence-electron chi connectivity index (χ0n) is 11.7. The van der Waals surface area contributed by atoms with Crippen molar-refractivity contribution in [2.45, 2.75) is 25.7 Å². The standard InChI is InChI=1S/C14H22O4S2/c15-13-7-11(9-17-13)1-3-19-5-6-20-4-2-12-8-14(16)18-10-12/h11-12H,1-10H2. The van der Waals surface area contributed by atoms with Crippen LogP contribution in [-0.2, 0) is 19.1 Å². The van der Waals surface area contributed by atoms with Gasteiger partial charge in [-0.15, -0.1) is 0 Å². The minimum atomic E-state index is -0.0371. The van der Waals surface area contributed by atoms with E-state index in [0.29, 0.717) is 37.9 Å². The fraction of sp³-hybridized carbons (Fsp3) is 0.857. The van der Waals surface area contributed by atoms with Crippen LogP contribution in [0.2, 0.25) is 0 Å². The van der Waals surface area contributed by atoms with Crippen LogP contribution in [0.3, 0.4) is 0 Å². The first kappa shape index (κ1) is 16.0. The first-order valence-electron chi connectivity index (χ1n) is 7.21. The number of thioether (sulfide) groups is 2. The van der Waals surface area contributed by atoms with Gasteiger partial charge in [-0.25, -0.2) is 0 Å². The van der Waals surface area contributed by atoms with Gasteiger partial charge < -0.3 is 9.47 Å². The molecule has 20 heavy (non-hydrogen) atoms. The van der Waals surface area contributed by atoms with E-state index in [4.69, 9.17) is 9.47 Å². The monoisotopic (exact) mass is 318 g/mol. The molecule has 4 nitrogen and oxygen atoms in total. The van der Waals surface area contributed by atoms with Crippen molar-refractivity contribution >= 4 is 35.5 Å². The van der Waals surface area contributed by atoms with E-state index in [-0.39, 0.29) is 11.9 Å². The van der Waals surface area contributed by atoms with Crippen LogP contribution in [0.5, 0.6) is 0 Å². The number of ether oxygens (including phenoxy) is 2. The maximum absolute atomic E-state index is 10.9. The Labute approximate surface area is 128 Å². The molecule has 2 rings (SSSR count). The zero-order chi connectivity index (χ0) is 14.2. The molecule has 2 heterocycles. The molecular formula is C14H22O4S2. The summed E-state index contributed by atoms with van der Waals surface area (Å²) in [6.07, 6.45) is 3.39. The van der Waals surface area contributed by atoms with Gasteiger partial charge in [0.05, 0.1) is 26.1 Å². The molecule has 2 atom stereocenters. The fourth-order valence-corrected chi connectivity index (χ4v) is 4.67. The maximum atomic E-state index is 10.9. The zero-order valence-corrected chi connectivity index (χ0v) is 13.3. The predicted molar refractivity (Wildman–Crippen MR) is 82.0 cm³/mol. The van der Waals surface area contributed by atoms with Crippen molar-refractivity contribution in [2.75, 3.05) is 36.2 Å². The van der Waals surface area contributed by atoms with Crippen molar-refractivity contribution in [3.63, 3.8) is 0 Å². The summed E-state index contributed by atoms with van der Waals surface area (Å²) in [5.41, 5.74) is 0. The molecule has 0 N–H and O–H groups in total. The highest BCUT2D eigenvalue weighted by atomic mass is 32.2. The van der Waals surface area contributed by atoms with Gasteiger partial charge in [-0.2, -0.15) is 23.5 Å². The quantitative estimate of drug-likeness (QED) is 0.480. The Hall–Kier alpha value is -0.360. The minimum absolute atomic E-state index is 0.0371. The summed E-state index contributed by atoms with van der Waals surface area (Å²) in [5, 5.41) is 0. The first-order valence-corrected chi connectivity index (χ1v) is 9.51. The highest BCUT2D eigenvalue weighted by molar-refractivity contribution is 8.02. The Bertz CT molecular complexity index is 303. The molecule has 0 aromatic rings. The van der Waals surface area contributed by atoms with Crippen molar-refractivity contribution in [1.82, 2.24) is 0 Å². The molecule has 0 bridgehead atoms. The van der Waals surface area contributed by atoms with Crippen LogP contribution in [-0.4, -0.2) is 48.2 Å². The van der Waals surface area contributed by atoms with E-state index in [1.165, 1.54) is 0 Å². The smallest absolute Gasteiger partial charge is 0.306 e. The lowest BCUT2D eigenvalue weighted by molar-refractivity contribution is -0.138. The summed E-state index contributed by atoms with van der Waals surface area (Å²) in [4.78, 5) is 21.9. The summed E-state index contributed by atoms with van der Waals surface area (Å²) in [6, 6.07) is 0. The number of carbonyl (C=O) groups is 2. The third-order valence-electron chi connectivity index (χ3n) is 3.58. The SMILES string of the molecule is O=C1CC(CCSCCSCCC2COC(=O)C2)CO1. The number of cyclic esters (lactones) is 2. The first-order chi connectivity index (χ1) is 9.74. The molecule has 0 aromatic heterocycles. The van der Waals surface area contributed by atoms with E-state index < -0.39 is 0 Å². The molecule has 114 valence electrons. The average molecular weight is 318 g/mol. The van der Waals surface area contributed by atoms with Crippen molar-refractivity contribution in [1.29, 1.82) is 0 Å². The molecule has 6 heteroatoms. The Morgan fingerprint density at radius 1 is 0.800 bits per heavy atom. The van der Waals surface area contributed by atoms with Crippen LogP contribution < -0.4 is 0 Å². The van der Waals surface area contributed by atoms with Gasteiger partial charge in [-0.3, -0.25) is 9.59 Å². The van der Waals surface area contributed by atoms with Gasteiger partial charge in [-0.05, 0) is 24.3 Å². The van der Waals surface area contributed by atoms with Gasteiger partial charge in [0.15, 0.2) is 0 Å². The second kappa shape index (κ2) is 8.82. The summed E-state index contributed by atoms with van der Waals surface area (Å²) in [7, 11) is 0. The Morgan fingerprint density at radius 3 is 1.60 bits per heavy atom. The molecule has 2 fully saturated rings. The van der Waals surface area contributed by atoms with Gasteiger partial charge in [0.2, 0.25) is 0 Å². The van der Waals surface area contributed by atoms with Crippen LogP contribution >= 0.6 is 23.5 Å². The third kappa shape index (κ3) is 5.95. The second-order valence-electron chi connectivity index (χ2n) is 5.31. The third-order valence-corrected chi connectivity index (χ3v) is 5.88. The molecule has 0 radical (unpaired) electrons. The molecule has 0 aromatic carbocycles. The topological polar surface area (TPSA) is 52.6 Å². The average Bonchev–Trinajstić information content (AvgIpc) is 3.02. The van der Waals surface area contributed by atoms with Gasteiger partial charge in [0, 0.05) is 23.3 Å². The van der Waals surface area contributed by atoms with Crippen LogP contribution in [0.4, 0.5) is 0 Å². The normalized spacial score (nSPS) is 25.8. The number of rotatable bonds is 9. The van der Waals surface area contributed by atoms with Crippen LogP contribution in [0.15, 0.2) is 0 Å². The summed E-state index contributed by atoms with van der Waals surface area (Å²) >= 11 is 3.92. The molecule has 0 saturated carbocycles. The van der Waals surface area contributed by atoms with Crippen LogP contribution in [0.25, 0.3) is 0 Å². The molecule has 2 saturated heterocycles. The Kier molecular flexibility index (Phi) is 7.07. The minimum Gasteiger partial charge on any atom is -0.465 e.